The first-order valence-electron chi connectivity index (χ1n) is 8.84. The molecule has 1 amide bonds. The summed E-state index contributed by atoms with van der Waals surface area (Å²) in [5, 5.41) is 9.39. The predicted molar refractivity (Wildman–Crippen MR) is 116 cm³/mol. The van der Waals surface area contributed by atoms with E-state index in [1.165, 1.54) is 0 Å². The van der Waals surface area contributed by atoms with E-state index in [2.05, 4.69) is 57.0 Å². The monoisotopic (exact) mass is 475 g/mol. The summed E-state index contributed by atoms with van der Waals surface area (Å²) in [6.07, 6.45) is 0.943. The van der Waals surface area contributed by atoms with Crippen LogP contribution in [0.2, 0.25) is 0 Å². The third-order valence-electron chi connectivity index (χ3n) is 3.92. The van der Waals surface area contributed by atoms with Crippen molar-refractivity contribution in [2.75, 3.05) is 51.3 Å². The normalized spacial score (nSPS) is 14.5. The summed E-state index contributed by atoms with van der Waals surface area (Å²) in [5.74, 6) is 0.894. The SMILES string of the molecule is CCNC(=NCc1ccc(N2CCNC(=O)C2)cc1)NCCCOC.I. The van der Waals surface area contributed by atoms with Gasteiger partial charge in [0.05, 0.1) is 13.1 Å². The van der Waals surface area contributed by atoms with E-state index in [4.69, 9.17) is 4.74 Å². The van der Waals surface area contributed by atoms with Crippen LogP contribution in [-0.4, -0.2) is 58.3 Å². The molecule has 1 saturated heterocycles. The summed E-state index contributed by atoms with van der Waals surface area (Å²) >= 11 is 0. The lowest BCUT2D eigenvalue weighted by Gasteiger charge is -2.28. The van der Waals surface area contributed by atoms with Gasteiger partial charge in [-0.15, -0.1) is 24.0 Å². The molecule has 1 fully saturated rings. The Morgan fingerprint density at radius 3 is 2.73 bits per heavy atom. The Morgan fingerprint density at radius 2 is 2.08 bits per heavy atom. The number of benzene rings is 1. The van der Waals surface area contributed by atoms with Gasteiger partial charge in [0.25, 0.3) is 0 Å². The van der Waals surface area contributed by atoms with Gasteiger partial charge in [-0.05, 0) is 31.0 Å². The van der Waals surface area contributed by atoms with Crippen LogP contribution in [-0.2, 0) is 16.1 Å². The number of carbonyl (C=O) groups excluding carboxylic acids is 1. The maximum atomic E-state index is 11.5. The molecule has 0 unspecified atom stereocenters. The summed E-state index contributed by atoms with van der Waals surface area (Å²) in [7, 11) is 1.71. The first-order chi connectivity index (χ1) is 12.2. The third kappa shape index (κ3) is 7.77. The minimum Gasteiger partial charge on any atom is -0.385 e. The molecule has 1 aliphatic heterocycles. The number of methoxy groups -OCH3 is 1. The quantitative estimate of drug-likeness (QED) is 0.229. The Morgan fingerprint density at radius 1 is 1.31 bits per heavy atom. The third-order valence-corrected chi connectivity index (χ3v) is 3.92. The highest BCUT2D eigenvalue weighted by Crippen LogP contribution is 2.16. The molecule has 146 valence electrons. The molecule has 0 radical (unpaired) electrons. The fourth-order valence-corrected chi connectivity index (χ4v) is 2.61. The van der Waals surface area contributed by atoms with Crippen molar-refractivity contribution in [2.24, 2.45) is 4.99 Å². The second-order valence-electron chi connectivity index (χ2n) is 5.91. The van der Waals surface area contributed by atoms with Gasteiger partial charge in [0.2, 0.25) is 5.91 Å². The van der Waals surface area contributed by atoms with E-state index in [-0.39, 0.29) is 29.9 Å². The highest BCUT2D eigenvalue weighted by molar-refractivity contribution is 14.0. The molecular formula is C18H30IN5O2. The molecule has 0 bridgehead atoms. The average Bonchev–Trinajstić information content (AvgIpc) is 2.63. The number of anilines is 1. The molecule has 1 heterocycles. The molecule has 1 aromatic rings. The lowest BCUT2D eigenvalue weighted by atomic mass is 10.2. The van der Waals surface area contributed by atoms with Crippen LogP contribution in [0.25, 0.3) is 0 Å². The van der Waals surface area contributed by atoms with Gasteiger partial charge in [0.15, 0.2) is 5.96 Å². The number of hydrogen-bond acceptors (Lipinski definition) is 4. The van der Waals surface area contributed by atoms with Gasteiger partial charge in [-0.2, -0.15) is 0 Å². The number of carbonyl (C=O) groups is 1. The number of amides is 1. The standard InChI is InChI=1S/C18H29N5O2.HI/c1-3-19-18(21-9-4-12-25-2)22-13-15-5-7-16(8-6-15)23-11-10-20-17(24)14-23;/h5-8H,3-4,9-14H2,1-2H3,(H,20,24)(H2,19,21,22);1H. The molecule has 0 aliphatic carbocycles. The number of piperazine rings is 1. The van der Waals surface area contributed by atoms with E-state index in [0.717, 1.165) is 49.9 Å². The summed E-state index contributed by atoms with van der Waals surface area (Å²) in [6.45, 7) is 7.03. The second-order valence-corrected chi connectivity index (χ2v) is 5.91. The zero-order valence-corrected chi connectivity index (χ0v) is 17.9. The highest BCUT2D eigenvalue weighted by Gasteiger charge is 2.16. The molecule has 2 rings (SSSR count). The summed E-state index contributed by atoms with van der Waals surface area (Å²) in [4.78, 5) is 18.2. The molecule has 0 atom stereocenters. The maximum Gasteiger partial charge on any atom is 0.239 e. The van der Waals surface area contributed by atoms with Crippen LogP contribution < -0.4 is 20.9 Å². The zero-order chi connectivity index (χ0) is 17.9. The van der Waals surface area contributed by atoms with Crippen molar-refractivity contribution < 1.29 is 9.53 Å². The molecule has 26 heavy (non-hydrogen) atoms. The minimum absolute atomic E-state index is 0. The van der Waals surface area contributed by atoms with E-state index in [1.807, 2.05) is 0 Å². The Bertz CT molecular complexity index is 565. The highest BCUT2D eigenvalue weighted by atomic mass is 127. The number of halogens is 1. The van der Waals surface area contributed by atoms with Crippen molar-refractivity contribution >= 4 is 41.5 Å². The molecule has 1 aliphatic rings. The van der Waals surface area contributed by atoms with Crippen molar-refractivity contribution in [3.05, 3.63) is 29.8 Å². The van der Waals surface area contributed by atoms with Crippen LogP contribution in [0.1, 0.15) is 18.9 Å². The summed E-state index contributed by atoms with van der Waals surface area (Å²) in [6, 6.07) is 8.25. The molecule has 3 N–H and O–H groups in total. The van der Waals surface area contributed by atoms with Gasteiger partial charge in [0, 0.05) is 45.6 Å². The number of aliphatic imine (C=N–C) groups is 1. The smallest absolute Gasteiger partial charge is 0.239 e. The van der Waals surface area contributed by atoms with Crippen molar-refractivity contribution in [1.29, 1.82) is 0 Å². The van der Waals surface area contributed by atoms with Crippen LogP contribution in [0.5, 0.6) is 0 Å². The van der Waals surface area contributed by atoms with Gasteiger partial charge in [-0.25, -0.2) is 4.99 Å². The van der Waals surface area contributed by atoms with Crippen molar-refractivity contribution in [2.45, 2.75) is 19.9 Å². The van der Waals surface area contributed by atoms with Crippen LogP contribution in [0.4, 0.5) is 5.69 Å². The second kappa shape index (κ2) is 12.7. The zero-order valence-electron chi connectivity index (χ0n) is 15.6. The Balaban J connectivity index is 0.00000338. The Labute approximate surface area is 173 Å². The summed E-state index contributed by atoms with van der Waals surface area (Å²) in [5.41, 5.74) is 2.21. The van der Waals surface area contributed by atoms with E-state index >= 15 is 0 Å². The van der Waals surface area contributed by atoms with E-state index in [1.54, 1.807) is 7.11 Å². The minimum atomic E-state index is 0. The molecular weight excluding hydrogens is 445 g/mol. The lowest BCUT2D eigenvalue weighted by Crippen LogP contribution is -2.47. The van der Waals surface area contributed by atoms with Crippen LogP contribution in [0, 0.1) is 0 Å². The van der Waals surface area contributed by atoms with Crippen molar-refractivity contribution in [3.8, 4) is 0 Å². The fraction of sp³-hybridized carbons (Fsp3) is 0.556. The molecule has 0 spiro atoms. The average molecular weight is 475 g/mol. The molecule has 7 nitrogen and oxygen atoms in total. The van der Waals surface area contributed by atoms with Gasteiger partial charge >= 0.3 is 0 Å². The lowest BCUT2D eigenvalue weighted by molar-refractivity contribution is -0.120. The predicted octanol–water partition coefficient (Wildman–Crippen LogP) is 1.33. The molecule has 0 aromatic heterocycles. The van der Waals surface area contributed by atoms with E-state index in [9.17, 15) is 4.79 Å². The van der Waals surface area contributed by atoms with Crippen molar-refractivity contribution in [1.82, 2.24) is 16.0 Å². The first-order valence-corrected chi connectivity index (χ1v) is 8.84. The Kier molecular flexibility index (Phi) is 11.0. The summed E-state index contributed by atoms with van der Waals surface area (Å²) < 4.78 is 5.05. The largest absolute Gasteiger partial charge is 0.385 e. The van der Waals surface area contributed by atoms with E-state index in [0.29, 0.717) is 19.6 Å². The number of nitrogens with zero attached hydrogens (tertiary/aromatic N) is 2. The number of nitrogens with one attached hydrogen (secondary N) is 3. The van der Waals surface area contributed by atoms with Gasteiger partial charge in [-0.1, -0.05) is 12.1 Å². The number of rotatable bonds is 8. The molecule has 1 aromatic carbocycles. The number of hydrogen-bond donors (Lipinski definition) is 3. The van der Waals surface area contributed by atoms with Crippen molar-refractivity contribution in [3.63, 3.8) is 0 Å². The van der Waals surface area contributed by atoms with Gasteiger partial charge < -0.3 is 25.6 Å². The Hall–Kier alpha value is -1.55. The van der Waals surface area contributed by atoms with E-state index < -0.39 is 0 Å². The number of ether oxygens (including phenoxy) is 1. The maximum absolute atomic E-state index is 11.5. The number of guanidine groups is 1. The topological polar surface area (TPSA) is 78.0 Å². The first kappa shape index (κ1) is 22.5. The molecule has 8 heteroatoms. The fourth-order valence-electron chi connectivity index (χ4n) is 2.61. The van der Waals surface area contributed by atoms with Crippen LogP contribution in [0.3, 0.4) is 0 Å². The van der Waals surface area contributed by atoms with Crippen LogP contribution >= 0.6 is 24.0 Å². The van der Waals surface area contributed by atoms with Gasteiger partial charge in [0.1, 0.15) is 0 Å². The molecule has 0 saturated carbocycles. The van der Waals surface area contributed by atoms with Crippen LogP contribution in [0.15, 0.2) is 29.3 Å². The van der Waals surface area contributed by atoms with Gasteiger partial charge in [-0.3, -0.25) is 4.79 Å².